The van der Waals surface area contributed by atoms with Crippen molar-refractivity contribution in [2.24, 2.45) is 0 Å². The minimum atomic E-state index is -1.10. The number of nitro benzene ring substituents is 1. The lowest BCUT2D eigenvalue weighted by molar-refractivity contribution is -0.384. The summed E-state index contributed by atoms with van der Waals surface area (Å²) in [5, 5.41) is 19.3. The molecule has 0 radical (unpaired) electrons. The Morgan fingerprint density at radius 2 is 2.12 bits per heavy atom. The fourth-order valence-corrected chi connectivity index (χ4v) is 2.05. The zero-order valence-corrected chi connectivity index (χ0v) is 12.9. The van der Waals surface area contributed by atoms with Gasteiger partial charge in [0.2, 0.25) is 5.91 Å². The van der Waals surface area contributed by atoms with Gasteiger partial charge < -0.3 is 14.6 Å². The smallest absolute Gasteiger partial charge is 0.323 e. The number of ether oxygens (including phenoxy) is 2. The van der Waals surface area contributed by atoms with E-state index in [1.807, 2.05) is 0 Å². The second kappa shape index (κ2) is 7.44. The Bertz CT molecular complexity index is 669. The number of carbonyl (C=O) groups is 2. The highest BCUT2D eigenvalue weighted by Crippen LogP contribution is 2.22. The average molecular weight is 336 g/mol. The number of allylic oxidation sites excluding steroid dienone is 1. The number of nitro groups is 1. The summed E-state index contributed by atoms with van der Waals surface area (Å²) in [5.41, 5.74) is -0.0226. The Labute approximate surface area is 137 Å². The van der Waals surface area contributed by atoms with Crippen LogP contribution in [0.5, 0.6) is 5.75 Å². The first-order valence-electron chi connectivity index (χ1n) is 7.08. The molecule has 1 unspecified atom stereocenters. The van der Waals surface area contributed by atoms with Crippen molar-refractivity contribution in [3.63, 3.8) is 0 Å². The zero-order valence-electron chi connectivity index (χ0n) is 12.9. The molecule has 1 heterocycles. The molecule has 1 amide bonds. The molecule has 1 N–H and O–H groups in total. The fraction of sp³-hybridized carbons (Fsp3) is 0.333. The van der Waals surface area contributed by atoms with E-state index in [0.717, 1.165) is 4.90 Å². The summed E-state index contributed by atoms with van der Waals surface area (Å²) in [6.45, 7) is 1.44. The first-order chi connectivity index (χ1) is 11.4. The van der Waals surface area contributed by atoms with Crippen LogP contribution >= 0.6 is 0 Å². The maximum atomic E-state index is 11.3. The first kappa shape index (κ1) is 17.3. The number of aliphatic carboxylic acids is 1. The van der Waals surface area contributed by atoms with Crippen LogP contribution in [-0.4, -0.2) is 46.2 Å². The first-order valence-corrected chi connectivity index (χ1v) is 7.08. The molecule has 2 rings (SSSR count). The lowest BCUT2D eigenvalue weighted by Crippen LogP contribution is -2.55. The third-order valence-corrected chi connectivity index (χ3v) is 3.31. The predicted octanol–water partition coefficient (Wildman–Crippen LogP) is 1.54. The molecule has 1 fully saturated rings. The third-order valence-electron chi connectivity index (χ3n) is 3.31. The molecule has 1 aromatic rings. The number of benzene rings is 1. The van der Waals surface area contributed by atoms with Crippen molar-refractivity contribution in [3.8, 4) is 5.75 Å². The Morgan fingerprint density at radius 1 is 1.46 bits per heavy atom. The monoisotopic (exact) mass is 336 g/mol. The van der Waals surface area contributed by atoms with Gasteiger partial charge in [0.25, 0.3) is 5.69 Å². The van der Waals surface area contributed by atoms with E-state index < -0.39 is 23.7 Å². The Kier molecular flexibility index (Phi) is 5.35. The average Bonchev–Trinajstić information content (AvgIpc) is 2.53. The van der Waals surface area contributed by atoms with E-state index in [1.54, 1.807) is 13.0 Å². The molecule has 1 saturated heterocycles. The van der Waals surface area contributed by atoms with Gasteiger partial charge in [0, 0.05) is 12.1 Å². The number of rotatable bonds is 8. The highest BCUT2D eigenvalue weighted by Gasteiger charge is 2.39. The number of nitrogens with zero attached hydrogens (tertiary/aromatic N) is 2. The highest BCUT2D eigenvalue weighted by atomic mass is 16.6. The summed E-state index contributed by atoms with van der Waals surface area (Å²) < 4.78 is 10.9. The number of amides is 1. The lowest BCUT2D eigenvalue weighted by atomic mass is 10.1. The van der Waals surface area contributed by atoms with Crippen LogP contribution in [0.4, 0.5) is 5.69 Å². The van der Waals surface area contributed by atoms with Crippen LogP contribution in [-0.2, 0) is 14.3 Å². The summed E-state index contributed by atoms with van der Waals surface area (Å²) in [5.74, 6) is -0.405. The van der Waals surface area contributed by atoms with Gasteiger partial charge in [-0.15, -0.1) is 0 Å². The SMILES string of the molecule is C/C(=C/COc1ccc([N+](=O)[O-])cc1)OC1CC(=O)N1CC(=O)O. The second-order valence-electron chi connectivity index (χ2n) is 5.07. The molecule has 0 spiro atoms. The number of carboxylic acids is 1. The molecule has 1 aliphatic heterocycles. The number of carboxylic acid groups (broad SMARTS) is 1. The third kappa shape index (κ3) is 4.45. The van der Waals surface area contributed by atoms with Gasteiger partial charge in [0.1, 0.15) is 18.9 Å². The highest BCUT2D eigenvalue weighted by molar-refractivity contribution is 5.86. The number of non-ortho nitro benzene ring substituents is 1. The molecule has 24 heavy (non-hydrogen) atoms. The van der Waals surface area contributed by atoms with Gasteiger partial charge in [-0.2, -0.15) is 0 Å². The molecule has 0 saturated carbocycles. The molecule has 0 aromatic heterocycles. The molecule has 1 aliphatic rings. The summed E-state index contributed by atoms with van der Waals surface area (Å²) >= 11 is 0. The van der Waals surface area contributed by atoms with Crippen molar-refractivity contribution >= 4 is 17.6 Å². The van der Waals surface area contributed by atoms with Crippen LogP contribution < -0.4 is 4.74 Å². The summed E-state index contributed by atoms with van der Waals surface area (Å²) in [7, 11) is 0. The van der Waals surface area contributed by atoms with E-state index in [2.05, 4.69) is 0 Å². The van der Waals surface area contributed by atoms with Gasteiger partial charge in [-0.3, -0.25) is 24.6 Å². The molecule has 0 aliphatic carbocycles. The molecular weight excluding hydrogens is 320 g/mol. The number of carbonyl (C=O) groups excluding carboxylic acids is 1. The second-order valence-corrected chi connectivity index (χ2v) is 5.07. The van der Waals surface area contributed by atoms with Crippen molar-refractivity contribution in [2.75, 3.05) is 13.2 Å². The fourth-order valence-electron chi connectivity index (χ4n) is 2.05. The van der Waals surface area contributed by atoms with Gasteiger partial charge in [0.05, 0.1) is 17.1 Å². The van der Waals surface area contributed by atoms with Crippen LogP contribution in [0.3, 0.4) is 0 Å². The van der Waals surface area contributed by atoms with Crippen LogP contribution in [0, 0.1) is 10.1 Å². The minimum Gasteiger partial charge on any atom is -0.489 e. The summed E-state index contributed by atoms with van der Waals surface area (Å²) in [6, 6.07) is 5.65. The summed E-state index contributed by atoms with van der Waals surface area (Å²) in [6.07, 6.45) is 1.19. The van der Waals surface area contributed by atoms with Crippen LogP contribution in [0.25, 0.3) is 0 Å². The Hall–Kier alpha value is -3.10. The molecule has 128 valence electrons. The van der Waals surface area contributed by atoms with Gasteiger partial charge in [-0.25, -0.2) is 0 Å². The largest absolute Gasteiger partial charge is 0.489 e. The molecular formula is C15H16N2O7. The molecule has 0 bridgehead atoms. The maximum absolute atomic E-state index is 11.3. The van der Waals surface area contributed by atoms with E-state index >= 15 is 0 Å². The normalized spacial score (nSPS) is 17.2. The molecule has 1 aromatic carbocycles. The van der Waals surface area contributed by atoms with Crippen LogP contribution in [0.15, 0.2) is 36.1 Å². The van der Waals surface area contributed by atoms with Crippen LogP contribution in [0.1, 0.15) is 13.3 Å². The number of hydrogen-bond donors (Lipinski definition) is 1. The van der Waals surface area contributed by atoms with E-state index in [1.165, 1.54) is 24.3 Å². The number of likely N-dealkylation sites (tertiary alicyclic amines) is 1. The van der Waals surface area contributed by atoms with Crippen molar-refractivity contribution in [2.45, 2.75) is 19.6 Å². The van der Waals surface area contributed by atoms with Gasteiger partial charge in [-0.1, -0.05) is 0 Å². The predicted molar refractivity (Wildman–Crippen MR) is 81.2 cm³/mol. The Morgan fingerprint density at radius 3 is 2.67 bits per heavy atom. The van der Waals surface area contributed by atoms with Crippen molar-refractivity contribution in [1.82, 2.24) is 4.90 Å². The summed E-state index contributed by atoms with van der Waals surface area (Å²) in [4.78, 5) is 33.2. The van der Waals surface area contributed by atoms with E-state index in [9.17, 15) is 19.7 Å². The standard InChI is InChI=1S/C15H16N2O7/c1-10(24-14-8-13(18)16(14)9-15(19)20)6-7-23-12-4-2-11(3-5-12)17(21)22/h2-6,14H,7-9H2,1H3,(H,19,20)/b10-6-. The van der Waals surface area contributed by atoms with Crippen LogP contribution in [0.2, 0.25) is 0 Å². The quantitative estimate of drug-likeness (QED) is 0.331. The van der Waals surface area contributed by atoms with Gasteiger partial charge in [-0.05, 0) is 25.1 Å². The van der Waals surface area contributed by atoms with E-state index in [-0.39, 0.29) is 24.6 Å². The molecule has 1 atom stereocenters. The molecule has 9 heteroatoms. The lowest BCUT2D eigenvalue weighted by Gasteiger charge is -2.38. The number of hydrogen-bond acceptors (Lipinski definition) is 6. The van der Waals surface area contributed by atoms with Crippen molar-refractivity contribution < 1.29 is 29.1 Å². The topological polar surface area (TPSA) is 119 Å². The number of β-lactam (4-membered cyclic amide) rings is 1. The minimum absolute atomic E-state index is 0.0226. The van der Waals surface area contributed by atoms with Crippen molar-refractivity contribution in [1.29, 1.82) is 0 Å². The zero-order chi connectivity index (χ0) is 17.7. The van der Waals surface area contributed by atoms with Gasteiger partial charge in [0.15, 0.2) is 6.23 Å². The molecule has 9 nitrogen and oxygen atoms in total. The van der Waals surface area contributed by atoms with Gasteiger partial charge >= 0.3 is 5.97 Å². The Balaban J connectivity index is 1.80. The van der Waals surface area contributed by atoms with E-state index in [0.29, 0.717) is 11.5 Å². The van der Waals surface area contributed by atoms with E-state index in [4.69, 9.17) is 14.6 Å². The van der Waals surface area contributed by atoms with Crippen molar-refractivity contribution in [3.05, 3.63) is 46.2 Å². The maximum Gasteiger partial charge on any atom is 0.323 e.